The van der Waals surface area contributed by atoms with Gasteiger partial charge in [-0.05, 0) is 30.2 Å². The summed E-state index contributed by atoms with van der Waals surface area (Å²) in [6, 6.07) is 7.16. The summed E-state index contributed by atoms with van der Waals surface area (Å²) in [6.07, 6.45) is 5.45. The third kappa shape index (κ3) is 4.65. The molecular formula is C14H14O4. The molecule has 0 aliphatic carbocycles. The van der Waals surface area contributed by atoms with E-state index in [0.29, 0.717) is 6.61 Å². The number of esters is 1. The maximum atomic E-state index is 11.2. The minimum atomic E-state index is -1.01. The van der Waals surface area contributed by atoms with Gasteiger partial charge in [0.25, 0.3) is 0 Å². The molecule has 1 aromatic carbocycles. The Morgan fingerprint density at radius 2 is 1.72 bits per heavy atom. The predicted molar refractivity (Wildman–Crippen MR) is 68.8 cm³/mol. The lowest BCUT2D eigenvalue weighted by atomic mass is 10.1. The van der Waals surface area contributed by atoms with E-state index >= 15 is 0 Å². The number of benzene rings is 1. The van der Waals surface area contributed by atoms with Gasteiger partial charge in [0.2, 0.25) is 0 Å². The Hall–Kier alpha value is -2.36. The van der Waals surface area contributed by atoms with Gasteiger partial charge in [0, 0.05) is 12.2 Å². The summed E-state index contributed by atoms with van der Waals surface area (Å²) >= 11 is 0. The molecule has 18 heavy (non-hydrogen) atoms. The van der Waals surface area contributed by atoms with Crippen molar-refractivity contribution in [2.45, 2.75) is 6.92 Å². The van der Waals surface area contributed by atoms with E-state index in [1.165, 1.54) is 12.2 Å². The van der Waals surface area contributed by atoms with E-state index in [9.17, 15) is 9.59 Å². The molecule has 1 N–H and O–H groups in total. The highest BCUT2D eigenvalue weighted by Gasteiger charge is 1.98. The van der Waals surface area contributed by atoms with E-state index in [1.807, 2.05) is 6.07 Å². The molecule has 1 rings (SSSR count). The van der Waals surface area contributed by atoms with Crippen molar-refractivity contribution in [1.82, 2.24) is 0 Å². The molecule has 0 bridgehead atoms. The zero-order valence-corrected chi connectivity index (χ0v) is 10.00. The Morgan fingerprint density at radius 3 is 2.22 bits per heavy atom. The molecule has 0 spiro atoms. The fourth-order valence-corrected chi connectivity index (χ4v) is 1.32. The summed E-state index contributed by atoms with van der Waals surface area (Å²) in [5, 5.41) is 8.57. The van der Waals surface area contributed by atoms with Gasteiger partial charge in [-0.2, -0.15) is 0 Å². The topological polar surface area (TPSA) is 63.6 Å². The quantitative estimate of drug-likeness (QED) is 0.640. The lowest BCUT2D eigenvalue weighted by molar-refractivity contribution is -0.137. The number of carboxylic acid groups (broad SMARTS) is 1. The molecular weight excluding hydrogens is 232 g/mol. The Balaban J connectivity index is 2.88. The molecule has 0 saturated carbocycles. The molecule has 0 saturated heterocycles. The molecule has 0 aromatic heterocycles. The number of hydrogen-bond acceptors (Lipinski definition) is 3. The maximum absolute atomic E-state index is 11.2. The summed E-state index contributed by atoms with van der Waals surface area (Å²) in [4.78, 5) is 21.6. The lowest BCUT2D eigenvalue weighted by Gasteiger charge is -2.00. The SMILES string of the molecule is CCOC(=O)C=Cc1ccccc1C=CC(=O)O. The van der Waals surface area contributed by atoms with Crippen LogP contribution in [0.25, 0.3) is 12.2 Å². The number of carbonyl (C=O) groups is 2. The average molecular weight is 246 g/mol. The second-order valence-electron chi connectivity index (χ2n) is 3.39. The van der Waals surface area contributed by atoms with Gasteiger partial charge in [0.1, 0.15) is 0 Å². The van der Waals surface area contributed by atoms with Crippen molar-refractivity contribution in [2.24, 2.45) is 0 Å². The van der Waals surface area contributed by atoms with Gasteiger partial charge < -0.3 is 9.84 Å². The third-order valence-corrected chi connectivity index (χ3v) is 2.09. The van der Waals surface area contributed by atoms with Crippen molar-refractivity contribution in [3.8, 4) is 0 Å². The fourth-order valence-electron chi connectivity index (χ4n) is 1.32. The van der Waals surface area contributed by atoms with Crippen LogP contribution in [0.4, 0.5) is 0 Å². The highest BCUT2D eigenvalue weighted by Crippen LogP contribution is 2.12. The van der Waals surface area contributed by atoms with Crippen molar-refractivity contribution in [2.75, 3.05) is 6.61 Å². The minimum Gasteiger partial charge on any atom is -0.478 e. The number of hydrogen-bond donors (Lipinski definition) is 1. The number of aliphatic carboxylic acids is 1. The molecule has 0 aliphatic heterocycles. The van der Waals surface area contributed by atoms with Crippen molar-refractivity contribution >= 4 is 24.1 Å². The van der Waals surface area contributed by atoms with Crippen molar-refractivity contribution in [3.05, 3.63) is 47.5 Å². The van der Waals surface area contributed by atoms with Gasteiger partial charge in [0.05, 0.1) is 6.61 Å². The van der Waals surface area contributed by atoms with Gasteiger partial charge in [-0.1, -0.05) is 24.3 Å². The van der Waals surface area contributed by atoms with Gasteiger partial charge in [-0.3, -0.25) is 0 Å². The maximum Gasteiger partial charge on any atom is 0.330 e. The van der Waals surface area contributed by atoms with Crippen LogP contribution in [0.1, 0.15) is 18.1 Å². The van der Waals surface area contributed by atoms with Crippen LogP contribution >= 0.6 is 0 Å². The van der Waals surface area contributed by atoms with Crippen molar-refractivity contribution in [3.63, 3.8) is 0 Å². The zero-order chi connectivity index (χ0) is 13.4. The summed E-state index contributed by atoms with van der Waals surface area (Å²) in [5.41, 5.74) is 1.48. The van der Waals surface area contributed by atoms with Gasteiger partial charge in [-0.15, -0.1) is 0 Å². The van der Waals surface area contributed by atoms with Crippen LogP contribution in [0.5, 0.6) is 0 Å². The van der Waals surface area contributed by atoms with Gasteiger partial charge >= 0.3 is 11.9 Å². The zero-order valence-electron chi connectivity index (χ0n) is 10.00. The number of rotatable bonds is 5. The lowest BCUT2D eigenvalue weighted by Crippen LogP contribution is -1.98. The van der Waals surface area contributed by atoms with Gasteiger partial charge in [-0.25, -0.2) is 9.59 Å². The van der Waals surface area contributed by atoms with E-state index in [1.54, 1.807) is 31.2 Å². The van der Waals surface area contributed by atoms with E-state index in [0.717, 1.165) is 17.2 Å². The normalized spacial score (nSPS) is 10.9. The standard InChI is InChI=1S/C14H14O4/c1-2-18-14(17)10-8-12-6-4-3-5-11(12)7-9-13(15)16/h3-10H,2H2,1H3,(H,15,16). The number of carbonyl (C=O) groups excluding carboxylic acids is 1. The molecule has 1 aromatic rings. The summed E-state index contributed by atoms with van der Waals surface area (Å²) < 4.78 is 4.76. The molecule has 4 nitrogen and oxygen atoms in total. The highest BCUT2D eigenvalue weighted by atomic mass is 16.5. The molecule has 4 heteroatoms. The highest BCUT2D eigenvalue weighted by molar-refractivity contribution is 5.89. The summed E-state index contributed by atoms with van der Waals surface area (Å²) in [6.45, 7) is 2.05. The Labute approximate surface area is 105 Å². The second-order valence-corrected chi connectivity index (χ2v) is 3.39. The smallest absolute Gasteiger partial charge is 0.330 e. The summed E-state index contributed by atoms with van der Waals surface area (Å²) in [5.74, 6) is -1.44. The molecule has 94 valence electrons. The van der Waals surface area contributed by atoms with Crippen molar-refractivity contribution < 1.29 is 19.4 Å². The summed E-state index contributed by atoms with van der Waals surface area (Å²) in [7, 11) is 0. The minimum absolute atomic E-state index is 0.323. The monoisotopic (exact) mass is 246 g/mol. The molecule has 0 aliphatic rings. The van der Waals surface area contributed by atoms with E-state index in [2.05, 4.69) is 0 Å². The molecule has 0 amide bonds. The number of ether oxygens (including phenoxy) is 1. The first kappa shape index (κ1) is 13.7. The van der Waals surface area contributed by atoms with Crippen molar-refractivity contribution in [1.29, 1.82) is 0 Å². The van der Waals surface area contributed by atoms with Gasteiger partial charge in [0.15, 0.2) is 0 Å². The molecule has 0 fully saturated rings. The van der Waals surface area contributed by atoms with Crippen LogP contribution in [0.2, 0.25) is 0 Å². The third-order valence-electron chi connectivity index (χ3n) is 2.09. The molecule has 0 radical (unpaired) electrons. The Kier molecular flexibility index (Phi) is 5.38. The van der Waals surface area contributed by atoms with Crippen LogP contribution in [-0.2, 0) is 14.3 Å². The fraction of sp³-hybridized carbons (Fsp3) is 0.143. The average Bonchev–Trinajstić information content (AvgIpc) is 2.35. The first-order valence-electron chi connectivity index (χ1n) is 5.48. The molecule has 0 unspecified atom stereocenters. The predicted octanol–water partition coefficient (Wildman–Crippen LogP) is 2.36. The van der Waals surface area contributed by atoms with Crippen LogP contribution in [0.15, 0.2) is 36.4 Å². The molecule has 0 heterocycles. The number of carboxylic acids is 1. The largest absolute Gasteiger partial charge is 0.478 e. The molecule has 0 atom stereocenters. The van der Waals surface area contributed by atoms with E-state index in [-0.39, 0.29) is 0 Å². The first-order chi connectivity index (χ1) is 8.63. The van der Waals surface area contributed by atoms with E-state index < -0.39 is 11.9 Å². The van der Waals surface area contributed by atoms with Crippen LogP contribution in [-0.4, -0.2) is 23.7 Å². The first-order valence-corrected chi connectivity index (χ1v) is 5.48. The Morgan fingerprint density at radius 1 is 1.17 bits per heavy atom. The second kappa shape index (κ2) is 7.06. The Bertz CT molecular complexity index is 486. The van der Waals surface area contributed by atoms with Crippen LogP contribution in [0.3, 0.4) is 0 Å². The van der Waals surface area contributed by atoms with Crippen LogP contribution < -0.4 is 0 Å². The van der Waals surface area contributed by atoms with E-state index in [4.69, 9.17) is 9.84 Å². The van der Waals surface area contributed by atoms with Crippen LogP contribution in [0, 0.1) is 0 Å².